The Morgan fingerprint density at radius 3 is 2.94 bits per heavy atom. The maximum Gasteiger partial charge on any atom is 0.227 e. The molecule has 2 rings (SSSR count). The Morgan fingerprint density at radius 2 is 2.28 bits per heavy atom. The van der Waals surface area contributed by atoms with Crippen molar-refractivity contribution in [1.82, 2.24) is 0 Å². The van der Waals surface area contributed by atoms with Crippen molar-refractivity contribution in [3.63, 3.8) is 0 Å². The van der Waals surface area contributed by atoms with Crippen LogP contribution in [-0.2, 0) is 4.79 Å². The van der Waals surface area contributed by atoms with E-state index in [2.05, 4.69) is 6.58 Å². The number of nitrogens with zero attached hydrogens (tertiary/aromatic N) is 1. The number of rotatable bonds is 5. The lowest BCUT2D eigenvalue weighted by atomic mass is 10.1. The third-order valence-electron chi connectivity index (χ3n) is 2.98. The van der Waals surface area contributed by atoms with Crippen LogP contribution >= 0.6 is 0 Å². The van der Waals surface area contributed by atoms with Crippen LogP contribution in [0.1, 0.15) is 6.42 Å². The largest absolute Gasteiger partial charge is 0.489 e. The molecule has 1 unspecified atom stereocenters. The molecular formula is C14H16FNO2. The molecule has 1 aromatic carbocycles. The van der Waals surface area contributed by atoms with E-state index in [-0.39, 0.29) is 18.4 Å². The van der Waals surface area contributed by atoms with Gasteiger partial charge in [0.05, 0.1) is 5.69 Å². The molecule has 96 valence electrons. The molecule has 0 N–H and O–H groups in total. The number of hydrogen-bond donors (Lipinski definition) is 0. The summed E-state index contributed by atoms with van der Waals surface area (Å²) in [6.07, 6.45) is 2.27. The maximum absolute atomic E-state index is 12.2. The van der Waals surface area contributed by atoms with Gasteiger partial charge in [-0.15, -0.1) is 6.58 Å². The van der Waals surface area contributed by atoms with E-state index >= 15 is 0 Å². The number of carbonyl (C=O) groups excluding carboxylic acids is 1. The predicted octanol–water partition coefficient (Wildman–Crippen LogP) is 2.57. The van der Waals surface area contributed by atoms with E-state index in [4.69, 9.17) is 4.74 Å². The average Bonchev–Trinajstić information content (AvgIpc) is 2.78. The Kier molecular flexibility index (Phi) is 3.97. The number of alkyl halides is 1. The number of anilines is 1. The van der Waals surface area contributed by atoms with Crippen LogP contribution in [0.4, 0.5) is 10.1 Å². The molecule has 0 aromatic heterocycles. The van der Waals surface area contributed by atoms with Crippen LogP contribution in [0.3, 0.4) is 0 Å². The molecule has 18 heavy (non-hydrogen) atoms. The molecule has 0 aliphatic carbocycles. The summed E-state index contributed by atoms with van der Waals surface area (Å²) in [5.41, 5.74) is 0.709. The van der Waals surface area contributed by atoms with E-state index in [1.807, 2.05) is 18.2 Å². The second-order valence-corrected chi connectivity index (χ2v) is 4.21. The Morgan fingerprint density at radius 1 is 1.50 bits per heavy atom. The van der Waals surface area contributed by atoms with Gasteiger partial charge in [0.2, 0.25) is 5.91 Å². The average molecular weight is 249 g/mol. The van der Waals surface area contributed by atoms with Crippen LogP contribution in [0, 0.1) is 5.92 Å². The van der Waals surface area contributed by atoms with Gasteiger partial charge < -0.3 is 9.64 Å². The van der Waals surface area contributed by atoms with Crippen LogP contribution in [0.15, 0.2) is 36.9 Å². The first-order valence-corrected chi connectivity index (χ1v) is 5.97. The van der Waals surface area contributed by atoms with Crippen molar-refractivity contribution < 1.29 is 13.9 Å². The highest BCUT2D eigenvalue weighted by molar-refractivity contribution is 5.97. The van der Waals surface area contributed by atoms with Crippen molar-refractivity contribution >= 4 is 11.6 Å². The smallest absolute Gasteiger partial charge is 0.227 e. The first-order valence-electron chi connectivity index (χ1n) is 5.97. The molecule has 1 aliphatic heterocycles. The highest BCUT2D eigenvalue weighted by atomic mass is 19.1. The van der Waals surface area contributed by atoms with Crippen LogP contribution in [0.25, 0.3) is 0 Å². The molecule has 1 aromatic rings. The monoisotopic (exact) mass is 249 g/mol. The molecule has 1 aliphatic rings. The van der Waals surface area contributed by atoms with Gasteiger partial charge in [0.25, 0.3) is 0 Å². The van der Waals surface area contributed by atoms with Gasteiger partial charge in [-0.25, -0.2) is 4.39 Å². The van der Waals surface area contributed by atoms with Gasteiger partial charge in [-0.3, -0.25) is 4.79 Å². The van der Waals surface area contributed by atoms with Crippen molar-refractivity contribution in [2.24, 2.45) is 5.92 Å². The molecule has 0 bridgehead atoms. The minimum Gasteiger partial charge on any atom is -0.489 e. The molecule has 0 saturated carbocycles. The summed E-state index contributed by atoms with van der Waals surface area (Å²) < 4.78 is 17.5. The fourth-order valence-electron chi connectivity index (χ4n) is 2.08. The summed E-state index contributed by atoms with van der Waals surface area (Å²) in [4.78, 5) is 13.6. The Bertz CT molecular complexity index is 447. The number of para-hydroxylation sites is 2. The lowest BCUT2D eigenvalue weighted by molar-refractivity contribution is -0.117. The Balaban J connectivity index is 2.22. The van der Waals surface area contributed by atoms with Crippen molar-refractivity contribution in [2.75, 3.05) is 24.7 Å². The second kappa shape index (κ2) is 5.67. The van der Waals surface area contributed by atoms with Crippen molar-refractivity contribution in [3.05, 3.63) is 36.9 Å². The molecule has 0 spiro atoms. The van der Waals surface area contributed by atoms with Gasteiger partial charge in [-0.2, -0.15) is 0 Å². The third kappa shape index (κ3) is 2.53. The van der Waals surface area contributed by atoms with Gasteiger partial charge in [-0.1, -0.05) is 18.2 Å². The first-order chi connectivity index (χ1) is 8.76. The van der Waals surface area contributed by atoms with Crippen LogP contribution in [0.2, 0.25) is 0 Å². The second-order valence-electron chi connectivity index (χ2n) is 4.21. The van der Waals surface area contributed by atoms with E-state index in [1.165, 1.54) is 0 Å². The molecule has 1 atom stereocenters. The van der Waals surface area contributed by atoms with E-state index in [0.717, 1.165) is 0 Å². The van der Waals surface area contributed by atoms with E-state index in [9.17, 15) is 9.18 Å². The third-order valence-corrected chi connectivity index (χ3v) is 2.98. The molecule has 1 fully saturated rings. The number of hydrogen-bond acceptors (Lipinski definition) is 2. The molecule has 1 amide bonds. The molecule has 3 nitrogen and oxygen atoms in total. The van der Waals surface area contributed by atoms with Crippen molar-refractivity contribution in [3.8, 4) is 5.75 Å². The zero-order valence-corrected chi connectivity index (χ0v) is 10.1. The number of halogens is 1. The fraction of sp³-hybridized carbons (Fsp3) is 0.357. The number of ether oxygens (including phenoxy) is 1. The summed E-state index contributed by atoms with van der Waals surface area (Å²) in [5.74, 6) is 0.774. The Hall–Kier alpha value is -1.84. The zero-order valence-electron chi connectivity index (χ0n) is 10.1. The van der Waals surface area contributed by atoms with Gasteiger partial charge in [0.1, 0.15) is 19.0 Å². The SMILES string of the molecule is C=CC1CC(=O)N(c2ccccc2OCCF)C1. The number of benzene rings is 1. The topological polar surface area (TPSA) is 29.5 Å². The first kappa shape index (κ1) is 12.6. The molecule has 1 saturated heterocycles. The predicted molar refractivity (Wildman–Crippen MR) is 68.6 cm³/mol. The lowest BCUT2D eigenvalue weighted by Gasteiger charge is -2.19. The molecule has 4 heteroatoms. The number of carbonyl (C=O) groups is 1. The highest BCUT2D eigenvalue weighted by Gasteiger charge is 2.30. The van der Waals surface area contributed by atoms with E-state index in [0.29, 0.717) is 24.4 Å². The van der Waals surface area contributed by atoms with Gasteiger partial charge in [0, 0.05) is 18.9 Å². The molecule has 0 radical (unpaired) electrons. The van der Waals surface area contributed by atoms with Gasteiger partial charge in [0.15, 0.2) is 0 Å². The summed E-state index contributed by atoms with van der Waals surface area (Å²) in [7, 11) is 0. The maximum atomic E-state index is 12.2. The summed E-state index contributed by atoms with van der Waals surface area (Å²) in [6.45, 7) is 3.79. The van der Waals surface area contributed by atoms with E-state index in [1.54, 1.807) is 17.0 Å². The lowest BCUT2D eigenvalue weighted by Crippen LogP contribution is -2.25. The standard InChI is InChI=1S/C14H16FNO2/c1-2-11-9-14(17)16(10-11)12-5-3-4-6-13(12)18-8-7-15/h2-6,11H,1,7-10H2. The molecule has 1 heterocycles. The van der Waals surface area contributed by atoms with Gasteiger partial charge >= 0.3 is 0 Å². The Labute approximate surface area is 106 Å². The number of amides is 1. The summed E-state index contributed by atoms with van der Waals surface area (Å²) in [6, 6.07) is 7.21. The normalized spacial score (nSPS) is 19.1. The highest BCUT2D eigenvalue weighted by Crippen LogP contribution is 2.33. The minimum atomic E-state index is -0.544. The van der Waals surface area contributed by atoms with Crippen LogP contribution in [0.5, 0.6) is 5.75 Å². The molecular weight excluding hydrogens is 233 g/mol. The minimum absolute atomic E-state index is 0.00390. The zero-order chi connectivity index (χ0) is 13.0. The van der Waals surface area contributed by atoms with Crippen molar-refractivity contribution in [1.29, 1.82) is 0 Å². The quantitative estimate of drug-likeness (QED) is 0.751. The van der Waals surface area contributed by atoms with E-state index < -0.39 is 6.67 Å². The fourth-order valence-corrected chi connectivity index (χ4v) is 2.08. The van der Waals surface area contributed by atoms with Gasteiger partial charge in [-0.05, 0) is 12.1 Å². The van der Waals surface area contributed by atoms with Crippen molar-refractivity contribution in [2.45, 2.75) is 6.42 Å². The summed E-state index contributed by atoms with van der Waals surface area (Å²) >= 11 is 0. The summed E-state index contributed by atoms with van der Waals surface area (Å²) in [5, 5.41) is 0. The van der Waals surface area contributed by atoms with Crippen LogP contribution < -0.4 is 9.64 Å². The van der Waals surface area contributed by atoms with Crippen LogP contribution in [-0.4, -0.2) is 25.7 Å².